The van der Waals surface area contributed by atoms with Crippen LogP contribution in [0, 0.1) is 0 Å². The fourth-order valence-corrected chi connectivity index (χ4v) is 5.89. The third-order valence-electron chi connectivity index (χ3n) is 8.05. The molecule has 9 nitrogen and oxygen atoms in total. The topological polar surface area (TPSA) is 84.6 Å². The molecule has 2 saturated heterocycles. The second-order valence-corrected chi connectivity index (χ2v) is 10.6. The number of carbonyl (C=O) groups is 1. The monoisotopic (exact) mass is 540 g/mol. The Morgan fingerprint density at radius 1 is 0.850 bits per heavy atom. The van der Waals surface area contributed by atoms with E-state index in [1.165, 1.54) is 0 Å². The Bertz CT molecular complexity index is 1480. The minimum absolute atomic E-state index is 0.0341. The molecule has 40 heavy (non-hydrogen) atoms. The van der Waals surface area contributed by atoms with Crippen LogP contribution in [0.1, 0.15) is 35.7 Å². The summed E-state index contributed by atoms with van der Waals surface area (Å²) in [4.78, 5) is 35.3. The predicted octanol–water partition coefficient (Wildman–Crippen LogP) is 4.14. The molecule has 208 valence electrons. The standard InChI is InChI=1S/C31H36N6O3/c38-30(24-6-8-25(9-7-24)33-26-10-14-32-15-11-26)35-18-12-27(13-19-35)37-29-5-2-1-4-28(29)36(31(37)39)17-3-16-34-20-22-40-23-21-34/h1-2,4-11,14-15,27H,3,12-13,16-23H2,(H,32,33). The summed E-state index contributed by atoms with van der Waals surface area (Å²) in [5.74, 6) is 0.0341. The van der Waals surface area contributed by atoms with Crippen LogP contribution in [0.25, 0.3) is 11.0 Å². The first kappa shape index (κ1) is 26.3. The molecule has 2 aliphatic heterocycles. The van der Waals surface area contributed by atoms with Crippen LogP contribution >= 0.6 is 0 Å². The zero-order chi connectivity index (χ0) is 27.3. The molecule has 9 heteroatoms. The molecule has 4 aromatic rings. The summed E-state index contributed by atoms with van der Waals surface area (Å²) in [5.41, 5.74) is 4.58. The number of piperidine rings is 1. The van der Waals surface area contributed by atoms with Gasteiger partial charge in [0.05, 0.1) is 24.2 Å². The number of fused-ring (bicyclic) bond motifs is 1. The molecule has 6 rings (SSSR count). The van der Waals surface area contributed by atoms with Crippen molar-refractivity contribution in [1.29, 1.82) is 0 Å². The Hall–Kier alpha value is -3.95. The van der Waals surface area contributed by atoms with Gasteiger partial charge in [0.2, 0.25) is 0 Å². The van der Waals surface area contributed by atoms with Crippen molar-refractivity contribution >= 4 is 28.3 Å². The van der Waals surface area contributed by atoms with E-state index in [-0.39, 0.29) is 17.6 Å². The number of aromatic nitrogens is 3. The van der Waals surface area contributed by atoms with Crippen LogP contribution in [0.2, 0.25) is 0 Å². The van der Waals surface area contributed by atoms with Gasteiger partial charge in [-0.1, -0.05) is 12.1 Å². The zero-order valence-corrected chi connectivity index (χ0v) is 22.7. The summed E-state index contributed by atoms with van der Waals surface area (Å²) in [5, 5.41) is 3.32. The number of anilines is 2. The molecule has 0 bridgehead atoms. The number of benzene rings is 2. The van der Waals surface area contributed by atoms with Crippen LogP contribution in [0.5, 0.6) is 0 Å². The average Bonchev–Trinajstić information content (AvgIpc) is 3.29. The third kappa shape index (κ3) is 5.66. The molecular weight excluding hydrogens is 504 g/mol. The van der Waals surface area contributed by atoms with E-state index in [2.05, 4.69) is 15.2 Å². The predicted molar refractivity (Wildman–Crippen MR) is 156 cm³/mol. The summed E-state index contributed by atoms with van der Waals surface area (Å²) >= 11 is 0. The van der Waals surface area contributed by atoms with E-state index in [0.717, 1.165) is 74.5 Å². The summed E-state index contributed by atoms with van der Waals surface area (Å²) in [7, 11) is 0. The van der Waals surface area contributed by atoms with Crippen LogP contribution in [0.15, 0.2) is 77.9 Å². The van der Waals surface area contributed by atoms with Crippen molar-refractivity contribution in [2.45, 2.75) is 31.8 Å². The van der Waals surface area contributed by atoms with Gasteiger partial charge >= 0.3 is 5.69 Å². The largest absolute Gasteiger partial charge is 0.379 e. The summed E-state index contributed by atoms with van der Waals surface area (Å²) in [6.45, 7) is 6.42. The second kappa shape index (κ2) is 12.1. The van der Waals surface area contributed by atoms with Crippen molar-refractivity contribution in [2.24, 2.45) is 0 Å². The van der Waals surface area contributed by atoms with Gasteiger partial charge in [-0.25, -0.2) is 4.79 Å². The number of likely N-dealkylation sites (tertiary alicyclic amines) is 1. The summed E-state index contributed by atoms with van der Waals surface area (Å²) < 4.78 is 9.37. The highest BCUT2D eigenvalue weighted by Crippen LogP contribution is 2.27. The van der Waals surface area contributed by atoms with Crippen molar-refractivity contribution in [3.05, 3.63) is 89.1 Å². The Labute approximate surface area is 234 Å². The number of hydrogen-bond acceptors (Lipinski definition) is 6. The molecule has 2 fully saturated rings. The molecule has 1 amide bonds. The van der Waals surface area contributed by atoms with Crippen molar-refractivity contribution in [2.75, 3.05) is 51.3 Å². The molecule has 0 spiro atoms. The lowest BCUT2D eigenvalue weighted by Gasteiger charge is -2.32. The lowest BCUT2D eigenvalue weighted by molar-refractivity contribution is 0.0369. The number of carbonyl (C=O) groups excluding carboxylic acids is 1. The lowest BCUT2D eigenvalue weighted by Crippen LogP contribution is -2.41. The van der Waals surface area contributed by atoms with Crippen molar-refractivity contribution < 1.29 is 9.53 Å². The minimum Gasteiger partial charge on any atom is -0.379 e. The van der Waals surface area contributed by atoms with Gasteiger partial charge in [0.1, 0.15) is 0 Å². The zero-order valence-electron chi connectivity index (χ0n) is 22.7. The van der Waals surface area contributed by atoms with E-state index >= 15 is 0 Å². The smallest absolute Gasteiger partial charge is 0.329 e. The van der Waals surface area contributed by atoms with Crippen LogP contribution in [0.4, 0.5) is 11.4 Å². The molecule has 0 atom stereocenters. The van der Waals surface area contributed by atoms with Crippen LogP contribution in [0.3, 0.4) is 0 Å². The van der Waals surface area contributed by atoms with Crippen LogP contribution in [-0.4, -0.2) is 75.8 Å². The molecule has 4 heterocycles. The van der Waals surface area contributed by atoms with E-state index in [1.54, 1.807) is 12.4 Å². The molecule has 0 radical (unpaired) electrons. The fraction of sp³-hybridized carbons (Fsp3) is 0.387. The van der Waals surface area contributed by atoms with Crippen molar-refractivity contribution in [3.8, 4) is 0 Å². The van der Waals surface area contributed by atoms with E-state index in [4.69, 9.17) is 4.74 Å². The number of morpholine rings is 1. The van der Waals surface area contributed by atoms with Crippen molar-refractivity contribution in [1.82, 2.24) is 23.9 Å². The Morgan fingerprint density at radius 2 is 1.52 bits per heavy atom. The highest BCUT2D eigenvalue weighted by molar-refractivity contribution is 5.94. The number of hydrogen-bond donors (Lipinski definition) is 1. The van der Waals surface area contributed by atoms with Gasteiger partial charge in [-0.05, 0) is 67.8 Å². The first-order valence-electron chi connectivity index (χ1n) is 14.2. The van der Waals surface area contributed by atoms with E-state index < -0.39 is 0 Å². The molecule has 0 unspecified atom stereocenters. The summed E-state index contributed by atoms with van der Waals surface area (Å²) in [6, 6.07) is 19.6. The number of pyridine rings is 1. The van der Waals surface area contributed by atoms with Gasteiger partial charge in [-0.2, -0.15) is 0 Å². The van der Waals surface area contributed by atoms with Crippen molar-refractivity contribution in [3.63, 3.8) is 0 Å². The van der Waals surface area contributed by atoms with Gasteiger partial charge in [0.25, 0.3) is 5.91 Å². The maximum absolute atomic E-state index is 13.7. The average molecular weight is 541 g/mol. The third-order valence-corrected chi connectivity index (χ3v) is 8.05. The second-order valence-electron chi connectivity index (χ2n) is 10.6. The van der Waals surface area contributed by atoms with Gasteiger partial charge < -0.3 is 15.0 Å². The van der Waals surface area contributed by atoms with Gasteiger partial charge in [-0.3, -0.25) is 23.8 Å². The normalized spacial score (nSPS) is 16.9. The van der Waals surface area contributed by atoms with Gasteiger partial charge in [-0.15, -0.1) is 0 Å². The molecule has 0 saturated carbocycles. The minimum atomic E-state index is 0.0341. The lowest BCUT2D eigenvalue weighted by atomic mass is 10.0. The molecule has 1 N–H and O–H groups in total. The first-order chi connectivity index (χ1) is 19.7. The maximum atomic E-state index is 13.7. The molecule has 0 aliphatic carbocycles. The maximum Gasteiger partial charge on any atom is 0.329 e. The number of nitrogens with zero attached hydrogens (tertiary/aromatic N) is 5. The SMILES string of the molecule is O=C(c1ccc(Nc2ccncc2)cc1)N1CCC(n2c(=O)n(CCCN3CCOCC3)c3ccccc32)CC1. The molecule has 2 aromatic heterocycles. The number of para-hydroxylation sites is 2. The molecular formula is C31H36N6O3. The van der Waals surface area contributed by atoms with Crippen LogP contribution in [-0.2, 0) is 11.3 Å². The molecule has 2 aromatic carbocycles. The number of rotatable bonds is 8. The van der Waals surface area contributed by atoms with E-state index in [9.17, 15) is 9.59 Å². The summed E-state index contributed by atoms with van der Waals surface area (Å²) in [6.07, 6.45) is 5.92. The number of ether oxygens (including phenoxy) is 1. The van der Waals surface area contributed by atoms with Crippen LogP contribution < -0.4 is 11.0 Å². The molecule has 2 aliphatic rings. The number of aryl methyl sites for hydroxylation is 1. The number of amides is 1. The van der Waals surface area contributed by atoms with Gasteiger partial charge in [0.15, 0.2) is 0 Å². The number of nitrogens with one attached hydrogen (secondary N) is 1. The Balaban J connectivity index is 1.10. The Morgan fingerprint density at radius 3 is 2.25 bits per heavy atom. The van der Waals surface area contributed by atoms with E-state index in [1.807, 2.05) is 74.7 Å². The van der Waals surface area contributed by atoms with Gasteiger partial charge in [0, 0.05) is 74.6 Å². The fourth-order valence-electron chi connectivity index (χ4n) is 5.89. The quantitative estimate of drug-likeness (QED) is 0.362. The highest BCUT2D eigenvalue weighted by atomic mass is 16.5. The first-order valence-corrected chi connectivity index (χ1v) is 14.2. The highest BCUT2D eigenvalue weighted by Gasteiger charge is 2.28. The number of imidazole rings is 1. The Kier molecular flexibility index (Phi) is 7.92. The van der Waals surface area contributed by atoms with E-state index in [0.29, 0.717) is 25.2 Å².